The third-order valence-electron chi connectivity index (χ3n) is 3.64. The molecular weight excluding hydrogens is 340 g/mol. The molecule has 1 aliphatic rings. The fourth-order valence-corrected chi connectivity index (χ4v) is 4.25. The summed E-state index contributed by atoms with van der Waals surface area (Å²) in [5, 5.41) is 8.09. The molecule has 1 aliphatic heterocycles. The molecule has 3 aromatic heterocycles. The van der Waals surface area contributed by atoms with Gasteiger partial charge in [-0.3, -0.25) is 5.01 Å². The Kier molecular flexibility index (Phi) is 3.93. The van der Waals surface area contributed by atoms with E-state index in [1.165, 1.54) is 10.6 Å². The first-order valence-electron chi connectivity index (χ1n) is 7.42. The minimum atomic E-state index is 0.331. The van der Waals surface area contributed by atoms with E-state index in [-0.39, 0.29) is 0 Å². The van der Waals surface area contributed by atoms with Crippen LogP contribution in [0.25, 0.3) is 16.6 Å². The molecule has 0 saturated heterocycles. The van der Waals surface area contributed by atoms with Gasteiger partial charge in [-0.15, -0.1) is 22.7 Å². The third-order valence-corrected chi connectivity index (χ3v) is 5.63. The van der Waals surface area contributed by atoms with Crippen molar-refractivity contribution in [1.29, 1.82) is 0 Å². The van der Waals surface area contributed by atoms with Crippen molar-refractivity contribution >= 4 is 45.4 Å². The molecule has 24 heavy (non-hydrogen) atoms. The standard InChI is InChI=1S/C16H16N6S2/c17-14-15(21-12(8-20-14)13-4-2-6-23-13)22(18)9-11-7-10-3-1-5-19-16(10)24-11/h1-4,6-8,19H,5,9,18H2,(H2,17,20). The maximum absolute atomic E-state index is 6.23. The molecule has 0 aromatic carbocycles. The highest BCUT2D eigenvalue weighted by molar-refractivity contribution is 7.16. The van der Waals surface area contributed by atoms with Gasteiger partial charge in [0.25, 0.3) is 0 Å². The van der Waals surface area contributed by atoms with Crippen molar-refractivity contribution in [3.8, 4) is 10.6 Å². The lowest BCUT2D eigenvalue weighted by Crippen LogP contribution is -2.31. The van der Waals surface area contributed by atoms with E-state index in [1.807, 2.05) is 17.5 Å². The number of hydrogen-bond acceptors (Lipinski definition) is 8. The summed E-state index contributed by atoms with van der Waals surface area (Å²) in [5.41, 5.74) is 7.96. The van der Waals surface area contributed by atoms with E-state index >= 15 is 0 Å². The molecule has 0 unspecified atom stereocenters. The molecule has 0 saturated carbocycles. The van der Waals surface area contributed by atoms with Crippen molar-refractivity contribution in [2.24, 2.45) is 5.84 Å². The van der Waals surface area contributed by atoms with Crippen LogP contribution in [-0.2, 0) is 6.54 Å². The van der Waals surface area contributed by atoms with Crippen molar-refractivity contribution in [2.45, 2.75) is 6.54 Å². The quantitative estimate of drug-likeness (QED) is 0.491. The van der Waals surface area contributed by atoms with Crippen molar-refractivity contribution in [2.75, 3.05) is 22.6 Å². The van der Waals surface area contributed by atoms with E-state index in [9.17, 15) is 0 Å². The number of hydrazine groups is 1. The zero-order valence-corrected chi connectivity index (χ0v) is 14.4. The predicted molar refractivity (Wildman–Crippen MR) is 102 cm³/mol. The highest BCUT2D eigenvalue weighted by atomic mass is 32.1. The fraction of sp³-hybridized carbons (Fsp3) is 0.125. The van der Waals surface area contributed by atoms with Gasteiger partial charge in [0.15, 0.2) is 11.6 Å². The fourth-order valence-electron chi connectivity index (χ4n) is 2.52. The van der Waals surface area contributed by atoms with Crippen LogP contribution in [-0.4, -0.2) is 16.5 Å². The van der Waals surface area contributed by atoms with Gasteiger partial charge in [0.05, 0.1) is 22.6 Å². The van der Waals surface area contributed by atoms with Crippen LogP contribution in [0.4, 0.5) is 16.6 Å². The molecule has 0 bridgehead atoms. The Morgan fingerprint density at radius 1 is 1.38 bits per heavy atom. The molecule has 6 nitrogen and oxygen atoms in total. The molecule has 0 fully saturated rings. The van der Waals surface area contributed by atoms with Gasteiger partial charge in [-0.25, -0.2) is 15.8 Å². The highest BCUT2D eigenvalue weighted by Crippen LogP contribution is 2.33. The molecule has 5 N–H and O–H groups in total. The Labute approximate surface area is 147 Å². The summed E-state index contributed by atoms with van der Waals surface area (Å²) in [4.78, 5) is 11.0. The minimum absolute atomic E-state index is 0.331. The van der Waals surface area contributed by atoms with Crippen LogP contribution in [0.2, 0.25) is 0 Å². The number of nitrogens with two attached hydrogens (primary N) is 2. The Morgan fingerprint density at radius 2 is 2.29 bits per heavy atom. The van der Waals surface area contributed by atoms with Crippen molar-refractivity contribution in [3.63, 3.8) is 0 Å². The normalized spacial score (nSPS) is 12.7. The van der Waals surface area contributed by atoms with Crippen LogP contribution in [0, 0.1) is 0 Å². The smallest absolute Gasteiger partial charge is 0.186 e. The SMILES string of the molecule is Nc1ncc(-c2cccs2)nc1N(N)Cc1cc2c(s1)NCC=C2. The molecule has 4 rings (SSSR count). The maximum atomic E-state index is 6.23. The van der Waals surface area contributed by atoms with Gasteiger partial charge >= 0.3 is 0 Å². The molecule has 0 aliphatic carbocycles. The zero-order valence-electron chi connectivity index (χ0n) is 12.8. The number of aromatic nitrogens is 2. The summed E-state index contributed by atoms with van der Waals surface area (Å²) in [6.45, 7) is 1.39. The summed E-state index contributed by atoms with van der Waals surface area (Å²) in [6, 6.07) is 6.12. The molecule has 0 amide bonds. The van der Waals surface area contributed by atoms with Gasteiger partial charge in [-0.1, -0.05) is 18.2 Å². The zero-order chi connectivity index (χ0) is 16.5. The van der Waals surface area contributed by atoms with Gasteiger partial charge in [0.1, 0.15) is 5.69 Å². The van der Waals surface area contributed by atoms with Crippen molar-refractivity contribution in [3.05, 3.63) is 46.3 Å². The molecule has 4 heterocycles. The van der Waals surface area contributed by atoms with Crippen LogP contribution in [0.15, 0.2) is 35.9 Å². The Morgan fingerprint density at radius 3 is 3.08 bits per heavy atom. The van der Waals surface area contributed by atoms with E-state index in [0.29, 0.717) is 18.2 Å². The van der Waals surface area contributed by atoms with Crippen LogP contribution in [0.5, 0.6) is 0 Å². The summed E-state index contributed by atoms with van der Waals surface area (Å²) < 4.78 is 0. The third kappa shape index (κ3) is 2.86. The first-order valence-corrected chi connectivity index (χ1v) is 9.12. The lowest BCUT2D eigenvalue weighted by Gasteiger charge is -2.18. The van der Waals surface area contributed by atoms with E-state index in [2.05, 4.69) is 33.5 Å². The number of thiophene rings is 2. The summed E-state index contributed by atoms with van der Waals surface area (Å²) in [6.07, 6.45) is 5.91. The van der Waals surface area contributed by atoms with Crippen molar-refractivity contribution in [1.82, 2.24) is 9.97 Å². The lowest BCUT2D eigenvalue weighted by molar-refractivity contribution is 0.841. The second-order valence-corrected chi connectivity index (χ2v) is 7.43. The number of hydrogen-bond donors (Lipinski definition) is 3. The maximum Gasteiger partial charge on any atom is 0.186 e. The number of nitrogens with zero attached hydrogens (tertiary/aromatic N) is 3. The topological polar surface area (TPSA) is 93.1 Å². The van der Waals surface area contributed by atoms with E-state index in [0.717, 1.165) is 22.0 Å². The molecule has 122 valence electrons. The van der Waals surface area contributed by atoms with Crippen LogP contribution >= 0.6 is 22.7 Å². The number of nitrogens with one attached hydrogen (secondary N) is 1. The van der Waals surface area contributed by atoms with Gasteiger partial charge in [0, 0.05) is 17.0 Å². The minimum Gasteiger partial charge on any atom is -0.381 e. The number of anilines is 3. The van der Waals surface area contributed by atoms with Crippen LogP contribution < -0.4 is 21.9 Å². The average molecular weight is 356 g/mol. The van der Waals surface area contributed by atoms with Gasteiger partial charge in [0.2, 0.25) is 0 Å². The number of fused-ring (bicyclic) bond motifs is 1. The monoisotopic (exact) mass is 356 g/mol. The second kappa shape index (κ2) is 6.23. The van der Waals surface area contributed by atoms with E-state index < -0.39 is 0 Å². The highest BCUT2D eigenvalue weighted by Gasteiger charge is 2.15. The molecule has 0 radical (unpaired) electrons. The summed E-state index contributed by atoms with van der Waals surface area (Å²) >= 11 is 3.30. The second-order valence-electron chi connectivity index (χ2n) is 5.35. The average Bonchev–Trinajstić information content (AvgIpc) is 3.24. The van der Waals surface area contributed by atoms with Crippen LogP contribution in [0.3, 0.4) is 0 Å². The molecule has 3 aromatic rings. The number of nitrogen functional groups attached to an aromatic ring is 1. The van der Waals surface area contributed by atoms with Crippen LogP contribution in [0.1, 0.15) is 10.4 Å². The molecule has 0 atom stereocenters. The van der Waals surface area contributed by atoms with Gasteiger partial charge in [-0.2, -0.15) is 0 Å². The Bertz CT molecular complexity index is 884. The largest absolute Gasteiger partial charge is 0.381 e. The van der Waals surface area contributed by atoms with E-state index in [4.69, 9.17) is 11.6 Å². The van der Waals surface area contributed by atoms with Gasteiger partial charge in [-0.05, 0) is 17.5 Å². The first-order chi connectivity index (χ1) is 11.7. The molecule has 0 spiro atoms. The molecular formula is C16H16N6S2. The Balaban J connectivity index is 1.60. The Hall–Kier alpha value is -2.42. The lowest BCUT2D eigenvalue weighted by atomic mass is 10.2. The van der Waals surface area contributed by atoms with E-state index in [1.54, 1.807) is 33.9 Å². The molecule has 8 heteroatoms. The summed E-state index contributed by atoms with van der Waals surface area (Å²) in [5.74, 6) is 7.06. The number of rotatable bonds is 4. The van der Waals surface area contributed by atoms with Crippen molar-refractivity contribution < 1.29 is 0 Å². The first kappa shape index (κ1) is 15.1. The van der Waals surface area contributed by atoms with Gasteiger partial charge < -0.3 is 11.1 Å². The predicted octanol–water partition coefficient (Wildman–Crippen LogP) is 3.17. The summed E-state index contributed by atoms with van der Waals surface area (Å²) in [7, 11) is 0.